The number of nitro benzene ring substituents is 1. The number of ether oxygens (including phenoxy) is 2. The number of esters is 1. The van der Waals surface area contributed by atoms with Gasteiger partial charge in [-0.25, -0.2) is 14.6 Å². The van der Waals surface area contributed by atoms with Crippen molar-refractivity contribution in [3.8, 4) is 0 Å². The van der Waals surface area contributed by atoms with Gasteiger partial charge < -0.3 is 9.47 Å². The van der Waals surface area contributed by atoms with Gasteiger partial charge in [-0.1, -0.05) is 30.3 Å². The van der Waals surface area contributed by atoms with Gasteiger partial charge in [0.15, 0.2) is 0 Å². The second-order valence-electron chi connectivity index (χ2n) is 8.61. The number of amidine groups is 1. The van der Waals surface area contributed by atoms with E-state index in [1.165, 1.54) is 29.2 Å². The van der Waals surface area contributed by atoms with Crippen molar-refractivity contribution in [2.45, 2.75) is 46.3 Å². The molecule has 2 aromatic carbocycles. The number of non-ortho nitro benzene ring substituents is 1. The fourth-order valence-electron chi connectivity index (χ4n) is 3.60. The van der Waals surface area contributed by atoms with Crippen LogP contribution in [0.25, 0.3) is 5.70 Å². The van der Waals surface area contributed by atoms with Crippen LogP contribution in [0, 0.1) is 10.1 Å². The van der Waals surface area contributed by atoms with E-state index in [0.717, 1.165) is 0 Å². The third kappa shape index (κ3) is 5.31. The van der Waals surface area contributed by atoms with Gasteiger partial charge in [-0.3, -0.25) is 15.0 Å². The van der Waals surface area contributed by atoms with Crippen molar-refractivity contribution in [1.82, 2.24) is 4.90 Å². The summed E-state index contributed by atoms with van der Waals surface area (Å²) in [5, 5.41) is 11.1. The highest BCUT2D eigenvalue weighted by molar-refractivity contribution is 6.07. The summed E-state index contributed by atoms with van der Waals surface area (Å²) in [6, 6.07) is 13.9. The van der Waals surface area contributed by atoms with Crippen LogP contribution < -0.4 is 0 Å². The minimum atomic E-state index is -0.877. The monoisotopic (exact) mass is 465 g/mol. The first kappa shape index (κ1) is 24.6. The molecule has 2 aromatic rings. The molecule has 178 valence electrons. The Morgan fingerprint density at radius 3 is 2.24 bits per heavy atom. The molecule has 9 heteroatoms. The molecule has 1 aliphatic rings. The zero-order chi connectivity index (χ0) is 25.0. The maximum absolute atomic E-state index is 13.3. The highest BCUT2D eigenvalue weighted by Gasteiger charge is 2.41. The van der Waals surface area contributed by atoms with E-state index in [0.29, 0.717) is 17.0 Å². The van der Waals surface area contributed by atoms with Gasteiger partial charge in [0.05, 0.1) is 22.8 Å². The summed E-state index contributed by atoms with van der Waals surface area (Å²) in [7, 11) is 0. The largest absolute Gasteiger partial charge is 0.463 e. The quantitative estimate of drug-likeness (QED) is 0.337. The first-order valence-corrected chi connectivity index (χ1v) is 10.8. The Morgan fingerprint density at radius 1 is 1.09 bits per heavy atom. The van der Waals surface area contributed by atoms with Gasteiger partial charge in [0.25, 0.3) is 5.69 Å². The van der Waals surface area contributed by atoms with E-state index in [4.69, 9.17) is 9.47 Å². The van der Waals surface area contributed by atoms with Gasteiger partial charge in [-0.2, -0.15) is 0 Å². The Labute approximate surface area is 197 Å². The summed E-state index contributed by atoms with van der Waals surface area (Å²) < 4.78 is 11.0. The van der Waals surface area contributed by atoms with Gasteiger partial charge in [-0.05, 0) is 52.3 Å². The first-order chi connectivity index (χ1) is 16.0. The van der Waals surface area contributed by atoms with Crippen LogP contribution in [0.1, 0.15) is 51.8 Å². The standard InChI is InChI=1S/C25H27N3O6/c1-6-33-23(29)20-21(17-12-14-19(15-13-17)28(31)32)26-16(2)27(24(30)34-25(3,4)5)22(20)18-10-8-7-9-11-18/h7-15,22H,6H2,1-5H3. The van der Waals surface area contributed by atoms with Crippen molar-refractivity contribution in [2.24, 2.45) is 4.99 Å². The average Bonchev–Trinajstić information content (AvgIpc) is 2.77. The highest BCUT2D eigenvalue weighted by Crippen LogP contribution is 2.40. The normalized spacial score (nSPS) is 16.1. The van der Waals surface area contributed by atoms with Crippen LogP contribution in [-0.4, -0.2) is 39.9 Å². The van der Waals surface area contributed by atoms with E-state index in [1.807, 2.05) is 6.07 Å². The Morgan fingerprint density at radius 2 is 1.71 bits per heavy atom. The molecule has 0 aliphatic carbocycles. The van der Waals surface area contributed by atoms with E-state index in [9.17, 15) is 19.7 Å². The van der Waals surface area contributed by atoms with Gasteiger partial charge in [0, 0.05) is 17.7 Å². The molecule has 3 rings (SSSR count). The van der Waals surface area contributed by atoms with Crippen molar-refractivity contribution < 1.29 is 24.0 Å². The average molecular weight is 466 g/mol. The molecule has 0 aromatic heterocycles. The summed E-state index contributed by atoms with van der Waals surface area (Å²) >= 11 is 0. The van der Waals surface area contributed by atoms with Gasteiger partial charge in [-0.15, -0.1) is 0 Å². The molecular formula is C25H27N3O6. The molecule has 1 amide bonds. The summed E-state index contributed by atoms with van der Waals surface area (Å²) in [5.74, 6) is -0.334. The van der Waals surface area contributed by atoms with Crippen LogP contribution in [0.15, 0.2) is 65.2 Å². The van der Waals surface area contributed by atoms with Crippen LogP contribution in [0.2, 0.25) is 0 Å². The molecule has 0 N–H and O–H groups in total. The number of carbonyl (C=O) groups excluding carboxylic acids is 2. The number of hydrogen-bond acceptors (Lipinski definition) is 7. The van der Waals surface area contributed by atoms with Crippen molar-refractivity contribution in [2.75, 3.05) is 6.61 Å². The summed E-state index contributed by atoms with van der Waals surface area (Å²) in [6.07, 6.45) is -0.660. The number of aliphatic imine (C=N–C) groups is 1. The van der Waals surface area contributed by atoms with Crippen molar-refractivity contribution in [1.29, 1.82) is 0 Å². The van der Waals surface area contributed by atoms with E-state index >= 15 is 0 Å². The molecule has 0 radical (unpaired) electrons. The van der Waals surface area contributed by atoms with Gasteiger partial charge in [0.1, 0.15) is 17.5 Å². The van der Waals surface area contributed by atoms with E-state index in [-0.39, 0.29) is 23.6 Å². The van der Waals surface area contributed by atoms with Gasteiger partial charge >= 0.3 is 12.1 Å². The topological polar surface area (TPSA) is 111 Å². The summed E-state index contributed by atoms with van der Waals surface area (Å²) in [5.41, 5.74) is 0.694. The van der Waals surface area contributed by atoms with E-state index < -0.39 is 28.6 Å². The van der Waals surface area contributed by atoms with Gasteiger partial charge in [0.2, 0.25) is 0 Å². The molecule has 9 nitrogen and oxygen atoms in total. The van der Waals surface area contributed by atoms with Crippen molar-refractivity contribution in [3.05, 3.63) is 81.4 Å². The maximum Gasteiger partial charge on any atom is 0.416 e. The SMILES string of the molecule is CCOC(=O)C1=C(c2ccc([N+](=O)[O-])cc2)N=C(C)N(C(=O)OC(C)(C)C)C1c1ccccc1. The minimum Gasteiger partial charge on any atom is -0.463 e. The zero-order valence-corrected chi connectivity index (χ0v) is 19.8. The molecule has 1 aliphatic heterocycles. The Balaban J connectivity index is 2.26. The molecule has 0 fully saturated rings. The molecule has 0 bridgehead atoms. The molecule has 0 spiro atoms. The predicted molar refractivity (Wildman–Crippen MR) is 127 cm³/mol. The number of carbonyl (C=O) groups is 2. The molecule has 0 saturated heterocycles. The summed E-state index contributed by atoms with van der Waals surface area (Å²) in [6.45, 7) is 8.71. The third-order valence-corrected chi connectivity index (χ3v) is 4.96. The minimum absolute atomic E-state index is 0.0893. The third-order valence-electron chi connectivity index (χ3n) is 4.96. The lowest BCUT2D eigenvalue weighted by molar-refractivity contribution is -0.384. The molecule has 1 unspecified atom stereocenters. The maximum atomic E-state index is 13.3. The number of nitrogens with zero attached hydrogens (tertiary/aromatic N) is 3. The smallest absolute Gasteiger partial charge is 0.416 e. The Kier molecular flexibility index (Phi) is 7.14. The van der Waals surface area contributed by atoms with Crippen LogP contribution in [0.4, 0.5) is 10.5 Å². The first-order valence-electron chi connectivity index (χ1n) is 10.8. The van der Waals surface area contributed by atoms with E-state index in [2.05, 4.69) is 4.99 Å². The lowest BCUT2D eigenvalue weighted by Gasteiger charge is -2.37. The predicted octanol–water partition coefficient (Wildman–Crippen LogP) is 5.28. The second kappa shape index (κ2) is 9.86. The van der Waals surface area contributed by atoms with E-state index in [1.54, 1.807) is 58.9 Å². The lowest BCUT2D eigenvalue weighted by atomic mass is 9.91. The molecule has 0 saturated carbocycles. The Bertz CT molecular complexity index is 1150. The number of benzene rings is 2. The highest BCUT2D eigenvalue weighted by atomic mass is 16.6. The summed E-state index contributed by atoms with van der Waals surface area (Å²) in [4.78, 5) is 43.0. The zero-order valence-electron chi connectivity index (χ0n) is 19.8. The molecule has 1 atom stereocenters. The van der Waals surface area contributed by atoms with Crippen molar-refractivity contribution >= 4 is 29.3 Å². The fourth-order valence-corrected chi connectivity index (χ4v) is 3.60. The van der Waals surface area contributed by atoms with Crippen LogP contribution in [0.5, 0.6) is 0 Å². The molecule has 1 heterocycles. The lowest BCUT2D eigenvalue weighted by Crippen LogP contribution is -2.45. The van der Waals surface area contributed by atoms with Crippen molar-refractivity contribution in [3.63, 3.8) is 0 Å². The number of hydrogen-bond donors (Lipinski definition) is 0. The molecular weight excluding hydrogens is 438 g/mol. The second-order valence-corrected chi connectivity index (χ2v) is 8.61. The Hall–Kier alpha value is -4.01. The number of nitro groups is 1. The fraction of sp³-hybridized carbons (Fsp3) is 0.320. The van der Waals surface area contributed by atoms with Crippen LogP contribution in [0.3, 0.4) is 0 Å². The van der Waals surface area contributed by atoms with Crippen LogP contribution >= 0.6 is 0 Å². The number of amides is 1. The molecule has 34 heavy (non-hydrogen) atoms. The van der Waals surface area contributed by atoms with Crippen LogP contribution in [-0.2, 0) is 14.3 Å². The number of rotatable bonds is 5.